The molecule has 2 aromatic rings. The molecule has 0 radical (unpaired) electrons. The number of hydrogen-bond acceptors (Lipinski definition) is 5. The molecular formula is C10H11N5S. The molecular weight excluding hydrogens is 222 g/mol. The SMILES string of the molecule is Cc1ccc(C(CN)n2cnc(C#N)n2)s1. The minimum Gasteiger partial charge on any atom is -0.328 e. The molecule has 16 heavy (non-hydrogen) atoms. The molecule has 0 aliphatic rings. The molecule has 0 spiro atoms. The topological polar surface area (TPSA) is 80.5 Å². The molecule has 1 atom stereocenters. The van der Waals surface area contributed by atoms with Gasteiger partial charge in [-0.25, -0.2) is 9.67 Å². The van der Waals surface area contributed by atoms with Crippen molar-refractivity contribution in [3.8, 4) is 6.07 Å². The molecule has 6 heteroatoms. The van der Waals surface area contributed by atoms with Crippen LogP contribution in [0.1, 0.15) is 21.6 Å². The van der Waals surface area contributed by atoms with E-state index in [9.17, 15) is 0 Å². The van der Waals surface area contributed by atoms with E-state index in [1.54, 1.807) is 22.3 Å². The highest BCUT2D eigenvalue weighted by atomic mass is 32.1. The van der Waals surface area contributed by atoms with E-state index in [1.165, 1.54) is 4.88 Å². The molecule has 0 fully saturated rings. The third-order valence-corrected chi connectivity index (χ3v) is 3.34. The van der Waals surface area contributed by atoms with Gasteiger partial charge in [0.1, 0.15) is 18.4 Å². The van der Waals surface area contributed by atoms with Crippen LogP contribution in [-0.4, -0.2) is 21.3 Å². The molecule has 0 aromatic carbocycles. The highest BCUT2D eigenvalue weighted by molar-refractivity contribution is 7.12. The first kappa shape index (κ1) is 10.8. The predicted octanol–water partition coefficient (Wildman–Crippen LogP) is 1.07. The fourth-order valence-corrected chi connectivity index (χ4v) is 2.45. The van der Waals surface area contributed by atoms with E-state index in [0.717, 1.165) is 4.88 Å². The van der Waals surface area contributed by atoms with Crippen molar-refractivity contribution >= 4 is 11.3 Å². The van der Waals surface area contributed by atoms with Crippen LogP contribution in [-0.2, 0) is 0 Å². The Labute approximate surface area is 97.1 Å². The summed E-state index contributed by atoms with van der Waals surface area (Å²) in [6, 6.07) is 5.95. The van der Waals surface area contributed by atoms with Crippen LogP contribution >= 0.6 is 11.3 Å². The van der Waals surface area contributed by atoms with E-state index in [2.05, 4.69) is 10.1 Å². The van der Waals surface area contributed by atoms with Gasteiger partial charge in [0.05, 0.1) is 0 Å². The molecule has 2 N–H and O–H groups in total. The van der Waals surface area contributed by atoms with Gasteiger partial charge in [0.15, 0.2) is 0 Å². The Kier molecular flexibility index (Phi) is 2.99. The Morgan fingerprint density at radius 3 is 2.94 bits per heavy atom. The van der Waals surface area contributed by atoms with Gasteiger partial charge in [0, 0.05) is 16.3 Å². The van der Waals surface area contributed by atoms with Gasteiger partial charge in [-0.1, -0.05) is 0 Å². The lowest BCUT2D eigenvalue weighted by Gasteiger charge is -2.12. The van der Waals surface area contributed by atoms with E-state index in [1.807, 2.05) is 25.1 Å². The molecule has 2 heterocycles. The summed E-state index contributed by atoms with van der Waals surface area (Å²) in [5.74, 6) is 0.173. The van der Waals surface area contributed by atoms with Gasteiger partial charge in [-0.15, -0.1) is 16.4 Å². The molecule has 82 valence electrons. The van der Waals surface area contributed by atoms with Crippen molar-refractivity contribution in [3.05, 3.63) is 34.0 Å². The zero-order valence-electron chi connectivity index (χ0n) is 8.79. The van der Waals surface area contributed by atoms with E-state index >= 15 is 0 Å². The summed E-state index contributed by atoms with van der Waals surface area (Å²) in [6.45, 7) is 2.48. The van der Waals surface area contributed by atoms with E-state index < -0.39 is 0 Å². The van der Waals surface area contributed by atoms with Crippen LogP contribution in [0.2, 0.25) is 0 Å². The van der Waals surface area contributed by atoms with Gasteiger partial charge >= 0.3 is 0 Å². The summed E-state index contributed by atoms with van der Waals surface area (Å²) in [6.07, 6.45) is 1.55. The largest absolute Gasteiger partial charge is 0.328 e. The van der Waals surface area contributed by atoms with Crippen LogP contribution in [0.5, 0.6) is 0 Å². The van der Waals surface area contributed by atoms with Gasteiger partial charge in [0.2, 0.25) is 0 Å². The summed E-state index contributed by atoms with van der Waals surface area (Å²) in [4.78, 5) is 6.24. The second-order valence-corrected chi connectivity index (χ2v) is 4.68. The van der Waals surface area contributed by atoms with E-state index in [-0.39, 0.29) is 11.9 Å². The molecule has 0 saturated carbocycles. The standard InChI is InChI=1S/C10H11N5S/c1-7-2-3-9(16-7)8(4-11)15-6-13-10(5-12)14-15/h2-3,6,8H,4,11H2,1H3. The fourth-order valence-electron chi connectivity index (χ4n) is 1.46. The van der Waals surface area contributed by atoms with E-state index in [0.29, 0.717) is 6.54 Å². The molecule has 0 saturated heterocycles. The van der Waals surface area contributed by atoms with Crippen LogP contribution in [0.3, 0.4) is 0 Å². The third kappa shape index (κ3) is 1.96. The average Bonchev–Trinajstić information content (AvgIpc) is 2.89. The number of nitrogens with zero attached hydrogens (tertiary/aromatic N) is 4. The molecule has 0 amide bonds. The molecule has 0 aliphatic carbocycles. The lowest BCUT2D eigenvalue weighted by atomic mass is 10.2. The van der Waals surface area contributed by atoms with Gasteiger partial charge in [0.25, 0.3) is 5.82 Å². The summed E-state index contributed by atoms with van der Waals surface area (Å²) in [5.41, 5.74) is 5.73. The Balaban J connectivity index is 2.33. The number of thiophene rings is 1. The summed E-state index contributed by atoms with van der Waals surface area (Å²) in [7, 11) is 0. The third-order valence-electron chi connectivity index (χ3n) is 2.24. The van der Waals surface area contributed by atoms with Crippen molar-refractivity contribution in [2.45, 2.75) is 13.0 Å². The highest BCUT2D eigenvalue weighted by Gasteiger charge is 2.15. The summed E-state index contributed by atoms with van der Waals surface area (Å²) in [5, 5.41) is 12.7. The zero-order valence-corrected chi connectivity index (χ0v) is 9.61. The maximum absolute atomic E-state index is 8.66. The second kappa shape index (κ2) is 4.43. The maximum Gasteiger partial charge on any atom is 0.252 e. The predicted molar refractivity (Wildman–Crippen MR) is 61.0 cm³/mol. The number of aryl methyl sites for hydroxylation is 1. The monoisotopic (exact) mass is 233 g/mol. The second-order valence-electron chi connectivity index (χ2n) is 3.36. The van der Waals surface area contributed by atoms with Gasteiger partial charge < -0.3 is 5.73 Å². The van der Waals surface area contributed by atoms with Crippen LogP contribution < -0.4 is 5.73 Å². The Morgan fingerprint density at radius 1 is 1.62 bits per heavy atom. The fraction of sp³-hybridized carbons (Fsp3) is 0.300. The van der Waals surface area contributed by atoms with Gasteiger partial charge in [-0.3, -0.25) is 0 Å². The van der Waals surface area contributed by atoms with Crippen LogP contribution in [0.15, 0.2) is 18.5 Å². The molecule has 1 unspecified atom stereocenters. The van der Waals surface area contributed by atoms with Crippen molar-refractivity contribution in [3.63, 3.8) is 0 Å². The summed E-state index contributed by atoms with van der Waals surface area (Å²) >= 11 is 1.68. The number of hydrogen-bond donors (Lipinski definition) is 1. The Bertz CT molecular complexity index is 521. The lowest BCUT2D eigenvalue weighted by molar-refractivity contribution is 0.537. The minimum atomic E-state index is -0.0340. The van der Waals surface area contributed by atoms with Crippen molar-refractivity contribution in [2.75, 3.05) is 6.54 Å². The smallest absolute Gasteiger partial charge is 0.252 e. The van der Waals surface area contributed by atoms with Crippen molar-refractivity contribution in [2.24, 2.45) is 5.73 Å². The number of nitriles is 1. The molecule has 5 nitrogen and oxygen atoms in total. The number of aromatic nitrogens is 3. The number of rotatable bonds is 3. The molecule has 0 bridgehead atoms. The first-order valence-corrected chi connectivity index (χ1v) is 5.64. The van der Waals surface area contributed by atoms with Crippen LogP contribution in [0.25, 0.3) is 0 Å². The molecule has 2 aromatic heterocycles. The summed E-state index contributed by atoms with van der Waals surface area (Å²) < 4.78 is 1.64. The number of nitrogens with two attached hydrogens (primary N) is 1. The Morgan fingerprint density at radius 2 is 2.44 bits per heavy atom. The van der Waals surface area contributed by atoms with Gasteiger partial charge in [-0.2, -0.15) is 5.26 Å². The van der Waals surface area contributed by atoms with Crippen molar-refractivity contribution in [1.82, 2.24) is 14.8 Å². The lowest BCUT2D eigenvalue weighted by Crippen LogP contribution is -2.20. The average molecular weight is 233 g/mol. The highest BCUT2D eigenvalue weighted by Crippen LogP contribution is 2.24. The first-order chi connectivity index (χ1) is 7.74. The van der Waals surface area contributed by atoms with Crippen LogP contribution in [0.4, 0.5) is 0 Å². The normalized spacial score (nSPS) is 12.3. The maximum atomic E-state index is 8.66. The molecule has 2 rings (SSSR count). The van der Waals surface area contributed by atoms with Crippen molar-refractivity contribution in [1.29, 1.82) is 5.26 Å². The Hall–Kier alpha value is -1.71. The molecule has 0 aliphatic heterocycles. The zero-order chi connectivity index (χ0) is 11.5. The van der Waals surface area contributed by atoms with Crippen LogP contribution in [0, 0.1) is 18.3 Å². The van der Waals surface area contributed by atoms with Gasteiger partial charge in [-0.05, 0) is 19.1 Å². The quantitative estimate of drug-likeness (QED) is 0.859. The van der Waals surface area contributed by atoms with Crippen molar-refractivity contribution < 1.29 is 0 Å². The van der Waals surface area contributed by atoms with E-state index in [4.69, 9.17) is 11.0 Å². The first-order valence-electron chi connectivity index (χ1n) is 4.82. The minimum absolute atomic E-state index is 0.0340.